The molecule has 0 spiro atoms. The summed E-state index contributed by atoms with van der Waals surface area (Å²) in [6, 6.07) is 6.03. The molecule has 0 unspecified atom stereocenters. The topological polar surface area (TPSA) is 52.9 Å². The maximum absolute atomic E-state index is 13.3. The van der Waals surface area contributed by atoms with Gasteiger partial charge in [-0.25, -0.2) is 4.39 Å². The summed E-state index contributed by atoms with van der Waals surface area (Å²) in [6.45, 7) is 1.88. The van der Waals surface area contributed by atoms with Crippen molar-refractivity contribution in [3.63, 3.8) is 0 Å². The predicted octanol–water partition coefficient (Wildman–Crippen LogP) is 1.72. The number of nitrogens with zero attached hydrogens (tertiary/aromatic N) is 1. The molecule has 0 bridgehead atoms. The minimum absolute atomic E-state index is 0.126. The molecule has 1 rings (SSSR count). The Morgan fingerprint density at radius 3 is 2.87 bits per heavy atom. The molecule has 0 aliphatic heterocycles. The first-order valence-electron chi connectivity index (χ1n) is 4.62. The molecule has 0 aliphatic rings. The fourth-order valence-corrected chi connectivity index (χ4v) is 1.08. The Kier molecular flexibility index (Phi) is 3.81. The van der Waals surface area contributed by atoms with Crippen LogP contribution >= 0.6 is 0 Å². The van der Waals surface area contributed by atoms with Crippen molar-refractivity contribution >= 4 is 5.91 Å². The highest BCUT2D eigenvalue weighted by atomic mass is 19.1. The Labute approximate surface area is 87.5 Å². The molecule has 0 aromatic heterocycles. The van der Waals surface area contributed by atoms with E-state index in [4.69, 9.17) is 5.26 Å². The van der Waals surface area contributed by atoms with E-state index >= 15 is 0 Å². The van der Waals surface area contributed by atoms with Crippen LogP contribution in [-0.4, -0.2) is 5.91 Å². The normalized spacial score (nSPS) is 9.40. The number of halogens is 1. The van der Waals surface area contributed by atoms with Crippen LogP contribution in [0, 0.1) is 17.1 Å². The van der Waals surface area contributed by atoms with Crippen LogP contribution in [-0.2, 0) is 11.3 Å². The zero-order valence-corrected chi connectivity index (χ0v) is 8.38. The lowest BCUT2D eigenvalue weighted by Gasteiger charge is -2.04. The van der Waals surface area contributed by atoms with Crippen molar-refractivity contribution in [1.29, 1.82) is 5.26 Å². The van der Waals surface area contributed by atoms with Gasteiger partial charge in [0.15, 0.2) is 0 Å². The average Bonchev–Trinajstić information content (AvgIpc) is 2.26. The van der Waals surface area contributed by atoms with E-state index in [2.05, 4.69) is 5.32 Å². The largest absolute Gasteiger partial charge is 0.352 e. The summed E-state index contributed by atoms with van der Waals surface area (Å²) < 4.78 is 13.3. The number of carbonyl (C=O) groups excluding carboxylic acids is 1. The molecule has 0 radical (unpaired) electrons. The summed E-state index contributed by atoms with van der Waals surface area (Å²) in [7, 11) is 0. The number of hydrogen-bond acceptors (Lipinski definition) is 2. The quantitative estimate of drug-likeness (QED) is 0.818. The second-order valence-electron chi connectivity index (χ2n) is 3.05. The summed E-state index contributed by atoms with van der Waals surface area (Å²) in [4.78, 5) is 10.9. The van der Waals surface area contributed by atoms with E-state index in [0.29, 0.717) is 12.0 Å². The number of hydrogen-bond donors (Lipinski definition) is 1. The van der Waals surface area contributed by atoms with Crippen LogP contribution in [0.15, 0.2) is 18.2 Å². The number of carbonyl (C=O) groups is 1. The lowest BCUT2D eigenvalue weighted by molar-refractivity contribution is -0.120. The predicted molar refractivity (Wildman–Crippen MR) is 53.3 cm³/mol. The van der Waals surface area contributed by atoms with Crippen molar-refractivity contribution in [2.45, 2.75) is 19.9 Å². The minimum Gasteiger partial charge on any atom is -0.352 e. The van der Waals surface area contributed by atoms with Crippen LogP contribution in [0.25, 0.3) is 0 Å². The van der Waals surface area contributed by atoms with Gasteiger partial charge in [0.25, 0.3) is 0 Å². The van der Waals surface area contributed by atoms with Gasteiger partial charge >= 0.3 is 0 Å². The second-order valence-corrected chi connectivity index (χ2v) is 3.05. The smallest absolute Gasteiger partial charge is 0.219 e. The van der Waals surface area contributed by atoms with E-state index < -0.39 is 5.82 Å². The first kappa shape index (κ1) is 11.2. The molecule has 1 aromatic carbocycles. The van der Waals surface area contributed by atoms with Crippen molar-refractivity contribution in [2.24, 2.45) is 0 Å². The number of rotatable bonds is 3. The molecule has 78 valence electrons. The van der Waals surface area contributed by atoms with Gasteiger partial charge in [0.05, 0.1) is 11.6 Å². The van der Waals surface area contributed by atoms with Crippen LogP contribution < -0.4 is 5.32 Å². The SMILES string of the molecule is CCC(=O)NCc1ccc(C#N)cc1F. The highest BCUT2D eigenvalue weighted by molar-refractivity contribution is 5.75. The molecule has 1 N–H and O–H groups in total. The summed E-state index contributed by atoms with van der Waals surface area (Å²) in [5.74, 6) is -0.593. The van der Waals surface area contributed by atoms with E-state index in [0.717, 1.165) is 6.07 Å². The zero-order valence-electron chi connectivity index (χ0n) is 8.38. The van der Waals surface area contributed by atoms with Gasteiger partial charge in [0, 0.05) is 18.5 Å². The summed E-state index contributed by atoms with van der Waals surface area (Å²) in [5, 5.41) is 11.1. The molecule has 0 aliphatic carbocycles. The van der Waals surface area contributed by atoms with Gasteiger partial charge in [0.1, 0.15) is 5.82 Å². The third-order valence-corrected chi connectivity index (χ3v) is 1.98. The summed E-state index contributed by atoms with van der Waals surface area (Å²) in [6.07, 6.45) is 0.373. The van der Waals surface area contributed by atoms with Crippen molar-refractivity contribution in [2.75, 3.05) is 0 Å². The van der Waals surface area contributed by atoms with Crippen molar-refractivity contribution in [1.82, 2.24) is 5.32 Å². The molecule has 0 saturated carbocycles. The highest BCUT2D eigenvalue weighted by Gasteiger charge is 2.04. The number of nitriles is 1. The summed E-state index contributed by atoms with van der Waals surface area (Å²) in [5.41, 5.74) is 0.661. The van der Waals surface area contributed by atoms with Gasteiger partial charge in [-0.05, 0) is 12.1 Å². The van der Waals surface area contributed by atoms with E-state index in [9.17, 15) is 9.18 Å². The van der Waals surface area contributed by atoms with Crippen LogP contribution in [0.5, 0.6) is 0 Å². The van der Waals surface area contributed by atoms with Gasteiger partial charge in [0.2, 0.25) is 5.91 Å². The van der Waals surface area contributed by atoms with Crippen LogP contribution in [0.3, 0.4) is 0 Å². The lowest BCUT2D eigenvalue weighted by atomic mass is 10.1. The van der Waals surface area contributed by atoms with Gasteiger partial charge in [-0.15, -0.1) is 0 Å². The molecule has 15 heavy (non-hydrogen) atoms. The van der Waals surface area contributed by atoms with E-state index in [-0.39, 0.29) is 18.0 Å². The van der Waals surface area contributed by atoms with Crippen molar-refractivity contribution in [3.8, 4) is 6.07 Å². The molecule has 0 fully saturated rings. The highest BCUT2D eigenvalue weighted by Crippen LogP contribution is 2.09. The molecule has 4 heteroatoms. The van der Waals surface area contributed by atoms with Crippen LogP contribution in [0.2, 0.25) is 0 Å². The molecule has 3 nitrogen and oxygen atoms in total. The fourth-order valence-electron chi connectivity index (χ4n) is 1.08. The lowest BCUT2D eigenvalue weighted by Crippen LogP contribution is -2.21. The van der Waals surface area contributed by atoms with E-state index in [1.54, 1.807) is 6.92 Å². The molecule has 0 heterocycles. The number of benzene rings is 1. The van der Waals surface area contributed by atoms with Gasteiger partial charge in [-0.2, -0.15) is 5.26 Å². The Hall–Kier alpha value is -1.89. The number of amides is 1. The first-order valence-corrected chi connectivity index (χ1v) is 4.62. The molecule has 1 aromatic rings. The van der Waals surface area contributed by atoms with Gasteiger partial charge in [-0.1, -0.05) is 13.0 Å². The fraction of sp³-hybridized carbons (Fsp3) is 0.273. The number of nitrogens with one attached hydrogen (secondary N) is 1. The third-order valence-electron chi connectivity index (χ3n) is 1.98. The molecule has 0 atom stereocenters. The van der Waals surface area contributed by atoms with Gasteiger partial charge < -0.3 is 5.32 Å². The molecular formula is C11H11FN2O. The molecular weight excluding hydrogens is 195 g/mol. The summed E-state index contributed by atoms with van der Waals surface area (Å²) >= 11 is 0. The van der Waals surface area contributed by atoms with Crippen molar-refractivity contribution < 1.29 is 9.18 Å². The Morgan fingerprint density at radius 2 is 2.33 bits per heavy atom. The zero-order chi connectivity index (χ0) is 11.3. The minimum atomic E-state index is -0.467. The van der Waals surface area contributed by atoms with Gasteiger partial charge in [-0.3, -0.25) is 4.79 Å². The first-order chi connectivity index (χ1) is 7.17. The second kappa shape index (κ2) is 5.11. The third kappa shape index (κ3) is 3.06. The molecule has 0 saturated heterocycles. The Morgan fingerprint density at radius 1 is 1.60 bits per heavy atom. The Bertz CT molecular complexity index is 410. The maximum atomic E-state index is 13.3. The van der Waals surface area contributed by atoms with E-state index in [1.807, 2.05) is 6.07 Å². The van der Waals surface area contributed by atoms with Crippen LogP contribution in [0.1, 0.15) is 24.5 Å². The average molecular weight is 206 g/mol. The van der Waals surface area contributed by atoms with Crippen LogP contribution in [0.4, 0.5) is 4.39 Å². The Balaban J connectivity index is 2.71. The van der Waals surface area contributed by atoms with E-state index in [1.165, 1.54) is 12.1 Å². The van der Waals surface area contributed by atoms with Crippen molar-refractivity contribution in [3.05, 3.63) is 35.1 Å². The monoisotopic (exact) mass is 206 g/mol. The maximum Gasteiger partial charge on any atom is 0.219 e. The standard InChI is InChI=1S/C11H11FN2O/c1-2-11(15)14-7-9-4-3-8(6-13)5-10(9)12/h3-5H,2,7H2,1H3,(H,14,15). The molecule has 1 amide bonds.